The number of hydrogen-bond acceptors (Lipinski definition) is 5. The molecule has 0 aromatic heterocycles. The molecule has 2 aromatic rings. The van der Waals surface area contributed by atoms with Crippen LogP contribution in [0.25, 0.3) is 0 Å². The van der Waals surface area contributed by atoms with Crippen LogP contribution in [0.2, 0.25) is 0 Å². The zero-order chi connectivity index (χ0) is 21.8. The van der Waals surface area contributed by atoms with Gasteiger partial charge in [0.2, 0.25) is 26.0 Å². The Hall–Kier alpha value is -2.59. The third kappa shape index (κ3) is 5.70. The first kappa shape index (κ1) is 22.7. The van der Waals surface area contributed by atoms with Crippen molar-refractivity contribution < 1.29 is 21.6 Å². The number of amides is 1. The highest BCUT2D eigenvalue weighted by Gasteiger charge is 2.31. The van der Waals surface area contributed by atoms with Gasteiger partial charge >= 0.3 is 0 Å². The lowest BCUT2D eigenvalue weighted by Crippen LogP contribution is -2.47. The number of anilines is 3. The lowest BCUT2D eigenvalue weighted by atomic mass is 10.1. The summed E-state index contributed by atoms with van der Waals surface area (Å²) in [5.74, 6) is -0.513. The van der Waals surface area contributed by atoms with Gasteiger partial charge in [-0.3, -0.25) is 13.4 Å². The fourth-order valence-electron chi connectivity index (χ4n) is 2.83. The van der Waals surface area contributed by atoms with Crippen LogP contribution in [0.4, 0.5) is 17.1 Å². The first-order chi connectivity index (χ1) is 13.4. The number of benzene rings is 2. The number of nitrogens with zero attached hydrogens (tertiary/aromatic N) is 2. The van der Waals surface area contributed by atoms with Crippen molar-refractivity contribution >= 4 is 43.0 Å². The second-order valence-electron chi connectivity index (χ2n) is 6.59. The summed E-state index contributed by atoms with van der Waals surface area (Å²) in [6.07, 6.45) is 2.38. The molecule has 2 aromatic carbocycles. The molecule has 0 aliphatic rings. The predicted molar refractivity (Wildman–Crippen MR) is 116 cm³/mol. The van der Waals surface area contributed by atoms with Crippen molar-refractivity contribution in [2.45, 2.75) is 19.4 Å². The lowest BCUT2D eigenvalue weighted by Gasteiger charge is -2.30. The van der Waals surface area contributed by atoms with E-state index in [2.05, 4.69) is 5.32 Å². The van der Waals surface area contributed by atoms with Gasteiger partial charge in [0.05, 0.1) is 23.9 Å². The van der Waals surface area contributed by atoms with Crippen LogP contribution in [-0.2, 0) is 24.8 Å². The van der Waals surface area contributed by atoms with Gasteiger partial charge in [-0.25, -0.2) is 16.8 Å². The van der Waals surface area contributed by atoms with Gasteiger partial charge in [-0.1, -0.05) is 31.2 Å². The zero-order valence-electron chi connectivity index (χ0n) is 16.7. The Bertz CT molecular complexity index is 1070. The van der Waals surface area contributed by atoms with Crippen LogP contribution in [0.5, 0.6) is 0 Å². The van der Waals surface area contributed by atoms with E-state index in [9.17, 15) is 21.6 Å². The second kappa shape index (κ2) is 8.83. The Balaban J connectivity index is 2.35. The van der Waals surface area contributed by atoms with Gasteiger partial charge in [0.15, 0.2) is 0 Å². The minimum absolute atomic E-state index is 0.247. The molecule has 10 heteroatoms. The normalized spacial score (nSPS) is 12.8. The number of sulfonamides is 2. The van der Waals surface area contributed by atoms with Gasteiger partial charge in [0.25, 0.3) is 0 Å². The Morgan fingerprint density at radius 1 is 0.931 bits per heavy atom. The van der Waals surface area contributed by atoms with Gasteiger partial charge in [-0.15, -0.1) is 0 Å². The van der Waals surface area contributed by atoms with Gasteiger partial charge in [-0.2, -0.15) is 0 Å². The minimum atomic E-state index is -3.72. The Labute approximate surface area is 172 Å². The largest absolute Gasteiger partial charge is 0.324 e. The van der Waals surface area contributed by atoms with E-state index in [0.717, 1.165) is 21.1 Å². The molecule has 0 fully saturated rings. The van der Waals surface area contributed by atoms with Crippen LogP contribution in [-0.4, -0.2) is 48.3 Å². The summed E-state index contributed by atoms with van der Waals surface area (Å²) in [5, 5.41) is 2.70. The smallest absolute Gasteiger partial charge is 0.248 e. The number of para-hydroxylation sites is 1. The maximum atomic E-state index is 12.9. The molecule has 2 rings (SSSR count). The van der Waals surface area contributed by atoms with Gasteiger partial charge < -0.3 is 5.32 Å². The van der Waals surface area contributed by atoms with Gasteiger partial charge in [0, 0.05) is 12.7 Å². The van der Waals surface area contributed by atoms with Crippen LogP contribution in [0.1, 0.15) is 13.3 Å². The Kier molecular flexibility index (Phi) is 6.91. The van der Waals surface area contributed by atoms with Crippen LogP contribution in [0.15, 0.2) is 54.6 Å². The van der Waals surface area contributed by atoms with E-state index < -0.39 is 32.0 Å². The highest BCUT2D eigenvalue weighted by Crippen LogP contribution is 2.24. The molecule has 1 N–H and O–H groups in total. The summed E-state index contributed by atoms with van der Waals surface area (Å²) in [6, 6.07) is 13.8. The van der Waals surface area contributed by atoms with E-state index in [1.165, 1.54) is 13.1 Å². The number of hydrogen-bond donors (Lipinski definition) is 1. The molecule has 0 spiro atoms. The predicted octanol–water partition coefficient (Wildman–Crippen LogP) is 2.27. The summed E-state index contributed by atoms with van der Waals surface area (Å²) in [6.45, 7) is 1.72. The number of rotatable bonds is 8. The Morgan fingerprint density at radius 2 is 1.52 bits per heavy atom. The summed E-state index contributed by atoms with van der Waals surface area (Å²) < 4.78 is 50.5. The van der Waals surface area contributed by atoms with Gasteiger partial charge in [0.1, 0.15) is 6.04 Å². The Morgan fingerprint density at radius 3 is 2.03 bits per heavy atom. The number of nitrogens with one attached hydrogen (secondary N) is 1. The lowest BCUT2D eigenvalue weighted by molar-refractivity contribution is -0.117. The van der Waals surface area contributed by atoms with E-state index >= 15 is 0 Å². The minimum Gasteiger partial charge on any atom is -0.324 e. The van der Waals surface area contributed by atoms with Crippen molar-refractivity contribution in [2.24, 2.45) is 0 Å². The van der Waals surface area contributed by atoms with E-state index in [1.54, 1.807) is 55.5 Å². The maximum Gasteiger partial charge on any atom is 0.248 e. The molecule has 0 heterocycles. The first-order valence-electron chi connectivity index (χ1n) is 8.84. The molecule has 0 aliphatic heterocycles. The molecule has 0 aliphatic carbocycles. The topological polar surface area (TPSA) is 104 Å². The second-order valence-corrected chi connectivity index (χ2v) is 10.5. The van der Waals surface area contributed by atoms with Crippen molar-refractivity contribution in [2.75, 3.05) is 33.5 Å². The van der Waals surface area contributed by atoms with Crippen molar-refractivity contribution in [3.63, 3.8) is 0 Å². The van der Waals surface area contributed by atoms with E-state index in [1.807, 2.05) is 0 Å². The highest BCUT2D eigenvalue weighted by atomic mass is 32.2. The average molecular weight is 440 g/mol. The highest BCUT2D eigenvalue weighted by molar-refractivity contribution is 7.92. The number of carbonyl (C=O) groups is 1. The standard InChI is InChI=1S/C19H25N3O5S2/c1-5-18(22(29(4,26)27)16-11-7-6-8-12-16)19(23)20-15-10-9-13-17(14-15)21(2)28(3,24)25/h6-14,18H,5H2,1-4H3,(H,20,23)/t18-/m1/s1. The first-order valence-corrected chi connectivity index (χ1v) is 12.5. The summed E-state index contributed by atoms with van der Waals surface area (Å²) in [4.78, 5) is 12.9. The van der Waals surface area contributed by atoms with E-state index in [0.29, 0.717) is 17.1 Å². The summed E-state index contributed by atoms with van der Waals surface area (Å²) in [7, 11) is -5.77. The molecule has 29 heavy (non-hydrogen) atoms. The molecule has 0 unspecified atom stereocenters. The quantitative estimate of drug-likeness (QED) is 0.679. The average Bonchev–Trinajstić information content (AvgIpc) is 2.64. The van der Waals surface area contributed by atoms with Crippen LogP contribution >= 0.6 is 0 Å². The molecular weight excluding hydrogens is 414 g/mol. The van der Waals surface area contributed by atoms with Crippen molar-refractivity contribution in [1.29, 1.82) is 0 Å². The van der Waals surface area contributed by atoms with E-state index in [-0.39, 0.29) is 6.42 Å². The molecule has 0 saturated carbocycles. The monoisotopic (exact) mass is 439 g/mol. The van der Waals surface area contributed by atoms with Crippen LogP contribution in [0, 0.1) is 0 Å². The van der Waals surface area contributed by atoms with Crippen LogP contribution in [0.3, 0.4) is 0 Å². The molecule has 0 saturated heterocycles. The van der Waals surface area contributed by atoms with Crippen molar-refractivity contribution in [1.82, 2.24) is 0 Å². The van der Waals surface area contributed by atoms with Crippen molar-refractivity contribution in [3.05, 3.63) is 54.6 Å². The molecule has 0 radical (unpaired) electrons. The fourth-order valence-corrected chi connectivity index (χ4v) is 4.54. The molecule has 1 atom stereocenters. The summed E-state index contributed by atoms with van der Waals surface area (Å²) in [5.41, 5.74) is 1.13. The maximum absolute atomic E-state index is 12.9. The van der Waals surface area contributed by atoms with Gasteiger partial charge in [-0.05, 0) is 36.8 Å². The third-order valence-electron chi connectivity index (χ3n) is 4.32. The van der Waals surface area contributed by atoms with Crippen LogP contribution < -0.4 is 13.9 Å². The molecule has 8 nitrogen and oxygen atoms in total. The molecule has 1 amide bonds. The molecule has 158 valence electrons. The summed E-state index contributed by atoms with van der Waals surface area (Å²) >= 11 is 0. The molecule has 0 bridgehead atoms. The third-order valence-corrected chi connectivity index (χ3v) is 6.70. The molecular formula is C19H25N3O5S2. The SMILES string of the molecule is CC[C@H](C(=O)Nc1cccc(N(C)S(C)(=O)=O)c1)N(c1ccccc1)S(C)(=O)=O. The van der Waals surface area contributed by atoms with E-state index in [4.69, 9.17) is 0 Å². The fraction of sp³-hybridized carbons (Fsp3) is 0.316. The van der Waals surface area contributed by atoms with Crippen molar-refractivity contribution in [3.8, 4) is 0 Å². The zero-order valence-corrected chi connectivity index (χ0v) is 18.4. The number of carbonyl (C=O) groups excluding carboxylic acids is 1.